The summed E-state index contributed by atoms with van der Waals surface area (Å²) in [7, 11) is 0. The van der Waals surface area contributed by atoms with Crippen molar-refractivity contribution >= 4 is 5.96 Å². The maximum atomic E-state index is 5.68. The Morgan fingerprint density at radius 3 is 2.84 bits per heavy atom. The van der Waals surface area contributed by atoms with Crippen LogP contribution in [0.5, 0.6) is 0 Å². The summed E-state index contributed by atoms with van der Waals surface area (Å²) >= 11 is 0. The van der Waals surface area contributed by atoms with Crippen LogP contribution >= 0.6 is 0 Å². The molecular weight excluding hydrogens is 314 g/mol. The lowest BCUT2D eigenvalue weighted by molar-refractivity contribution is 0.117. The molecule has 0 aliphatic carbocycles. The Bertz CT molecular complexity index is 634. The summed E-state index contributed by atoms with van der Waals surface area (Å²) in [6.45, 7) is 4.46. The third-order valence-corrected chi connectivity index (χ3v) is 4.37. The molecule has 1 aromatic heterocycles. The van der Waals surface area contributed by atoms with Crippen molar-refractivity contribution in [2.75, 3.05) is 19.7 Å². The van der Waals surface area contributed by atoms with Crippen molar-refractivity contribution in [2.45, 2.75) is 38.3 Å². The Morgan fingerprint density at radius 1 is 1.24 bits per heavy atom. The summed E-state index contributed by atoms with van der Waals surface area (Å²) in [5.41, 5.74) is 1.24. The Hall–Kier alpha value is -2.27. The first-order chi connectivity index (χ1) is 12.3. The first-order valence-electron chi connectivity index (χ1n) is 9.05. The molecule has 0 radical (unpaired) electrons. The van der Waals surface area contributed by atoms with E-state index in [-0.39, 0.29) is 12.1 Å². The third kappa shape index (κ3) is 5.64. The highest BCUT2D eigenvalue weighted by Crippen LogP contribution is 2.13. The van der Waals surface area contributed by atoms with E-state index < -0.39 is 0 Å². The van der Waals surface area contributed by atoms with Crippen LogP contribution in [0.15, 0.2) is 58.1 Å². The van der Waals surface area contributed by atoms with Gasteiger partial charge in [0, 0.05) is 19.6 Å². The SMILES string of the molecule is CC(NC(=NCC1CCCO1)NCCc1ccco1)c1ccccc1. The van der Waals surface area contributed by atoms with Crippen molar-refractivity contribution in [3.05, 3.63) is 60.1 Å². The number of guanidine groups is 1. The lowest BCUT2D eigenvalue weighted by Crippen LogP contribution is -2.40. The summed E-state index contributed by atoms with van der Waals surface area (Å²) in [6.07, 6.45) is 5.01. The predicted molar refractivity (Wildman–Crippen MR) is 99.7 cm³/mol. The average molecular weight is 341 g/mol. The Morgan fingerprint density at radius 2 is 2.12 bits per heavy atom. The molecule has 5 nitrogen and oxygen atoms in total. The van der Waals surface area contributed by atoms with Crippen molar-refractivity contribution in [1.82, 2.24) is 10.6 Å². The van der Waals surface area contributed by atoms with E-state index in [9.17, 15) is 0 Å². The third-order valence-electron chi connectivity index (χ3n) is 4.37. The molecule has 1 saturated heterocycles. The van der Waals surface area contributed by atoms with Crippen LogP contribution in [0.25, 0.3) is 0 Å². The second-order valence-electron chi connectivity index (χ2n) is 6.36. The van der Waals surface area contributed by atoms with Gasteiger partial charge in [0.2, 0.25) is 0 Å². The Labute approximate surface area is 149 Å². The van der Waals surface area contributed by atoms with E-state index in [4.69, 9.17) is 14.1 Å². The first-order valence-corrected chi connectivity index (χ1v) is 9.05. The van der Waals surface area contributed by atoms with Crippen LogP contribution in [0.4, 0.5) is 0 Å². The van der Waals surface area contributed by atoms with Gasteiger partial charge in [0.25, 0.3) is 0 Å². The molecule has 1 aliphatic heterocycles. The molecule has 25 heavy (non-hydrogen) atoms. The zero-order valence-electron chi connectivity index (χ0n) is 14.8. The van der Waals surface area contributed by atoms with Crippen LogP contribution in [0, 0.1) is 0 Å². The van der Waals surface area contributed by atoms with Gasteiger partial charge < -0.3 is 19.8 Å². The summed E-state index contributed by atoms with van der Waals surface area (Å²) in [4.78, 5) is 4.73. The first kappa shape index (κ1) is 17.5. The number of nitrogens with zero attached hydrogens (tertiary/aromatic N) is 1. The molecule has 0 spiro atoms. The molecule has 2 N–H and O–H groups in total. The monoisotopic (exact) mass is 341 g/mol. The minimum absolute atomic E-state index is 0.181. The Balaban J connectivity index is 1.57. The summed E-state index contributed by atoms with van der Waals surface area (Å²) in [6, 6.07) is 14.5. The quantitative estimate of drug-likeness (QED) is 0.599. The van der Waals surface area contributed by atoms with Crippen molar-refractivity contribution in [3.8, 4) is 0 Å². The van der Waals surface area contributed by atoms with Crippen LogP contribution in [0.2, 0.25) is 0 Å². The van der Waals surface area contributed by atoms with E-state index in [0.29, 0.717) is 6.54 Å². The number of hydrogen-bond acceptors (Lipinski definition) is 3. The van der Waals surface area contributed by atoms with Gasteiger partial charge in [-0.25, -0.2) is 0 Å². The standard InChI is InChI=1S/C20H27N3O2/c1-16(17-7-3-2-4-8-17)23-20(22-15-19-10-6-14-25-19)21-12-11-18-9-5-13-24-18/h2-5,7-9,13,16,19H,6,10-12,14-15H2,1H3,(H2,21,22,23). The van der Waals surface area contributed by atoms with Crippen LogP contribution in [0.3, 0.4) is 0 Å². The fraction of sp³-hybridized carbons (Fsp3) is 0.450. The molecule has 0 amide bonds. The molecule has 3 rings (SSSR count). The van der Waals surface area contributed by atoms with Crippen LogP contribution < -0.4 is 10.6 Å². The molecule has 1 aromatic carbocycles. The maximum Gasteiger partial charge on any atom is 0.191 e. The number of rotatable bonds is 7. The van der Waals surface area contributed by atoms with E-state index in [1.165, 1.54) is 5.56 Å². The molecule has 2 unspecified atom stereocenters. The minimum atomic E-state index is 0.181. The second-order valence-corrected chi connectivity index (χ2v) is 6.36. The highest BCUT2D eigenvalue weighted by Gasteiger charge is 2.15. The molecule has 1 fully saturated rings. The molecule has 2 aromatic rings. The lowest BCUT2D eigenvalue weighted by Gasteiger charge is -2.19. The van der Waals surface area contributed by atoms with Crippen molar-refractivity contribution in [1.29, 1.82) is 0 Å². The predicted octanol–water partition coefficient (Wildman–Crippen LogP) is 3.30. The molecular formula is C20H27N3O2. The zero-order valence-corrected chi connectivity index (χ0v) is 14.8. The smallest absolute Gasteiger partial charge is 0.191 e. The normalized spacial score (nSPS) is 18.9. The van der Waals surface area contributed by atoms with Gasteiger partial charge in [0.1, 0.15) is 5.76 Å². The summed E-state index contributed by atoms with van der Waals surface area (Å²) in [5, 5.41) is 6.90. The largest absolute Gasteiger partial charge is 0.469 e. The lowest BCUT2D eigenvalue weighted by atomic mass is 10.1. The van der Waals surface area contributed by atoms with E-state index in [1.54, 1.807) is 6.26 Å². The number of hydrogen-bond donors (Lipinski definition) is 2. The molecule has 5 heteroatoms. The zero-order chi connectivity index (χ0) is 17.3. The van der Waals surface area contributed by atoms with Gasteiger partial charge in [-0.2, -0.15) is 0 Å². The molecule has 0 saturated carbocycles. The number of benzene rings is 1. The van der Waals surface area contributed by atoms with Gasteiger partial charge in [-0.1, -0.05) is 30.3 Å². The van der Waals surface area contributed by atoms with Gasteiger partial charge in [-0.3, -0.25) is 4.99 Å². The number of aliphatic imine (C=N–C) groups is 1. The molecule has 0 bridgehead atoms. The van der Waals surface area contributed by atoms with E-state index in [2.05, 4.69) is 41.8 Å². The maximum absolute atomic E-state index is 5.68. The number of ether oxygens (including phenoxy) is 1. The minimum Gasteiger partial charge on any atom is -0.469 e. The summed E-state index contributed by atoms with van der Waals surface area (Å²) in [5.74, 6) is 1.79. The van der Waals surface area contributed by atoms with Gasteiger partial charge in [0.05, 0.1) is 25.0 Å². The van der Waals surface area contributed by atoms with Crippen molar-refractivity contribution < 1.29 is 9.15 Å². The van der Waals surface area contributed by atoms with Crippen LogP contribution in [-0.4, -0.2) is 31.8 Å². The highest BCUT2D eigenvalue weighted by molar-refractivity contribution is 5.80. The van der Waals surface area contributed by atoms with E-state index >= 15 is 0 Å². The van der Waals surface area contributed by atoms with Gasteiger partial charge >= 0.3 is 0 Å². The summed E-state index contributed by atoms with van der Waals surface area (Å²) < 4.78 is 11.1. The van der Waals surface area contributed by atoms with E-state index in [0.717, 1.165) is 44.1 Å². The van der Waals surface area contributed by atoms with E-state index in [1.807, 2.05) is 18.2 Å². The molecule has 1 aliphatic rings. The molecule has 2 atom stereocenters. The van der Waals surface area contributed by atoms with Crippen molar-refractivity contribution in [2.24, 2.45) is 4.99 Å². The van der Waals surface area contributed by atoms with Crippen LogP contribution in [0.1, 0.15) is 37.1 Å². The molecule has 2 heterocycles. The highest BCUT2D eigenvalue weighted by atomic mass is 16.5. The average Bonchev–Trinajstić information content (AvgIpc) is 3.34. The topological polar surface area (TPSA) is 58.8 Å². The van der Waals surface area contributed by atoms with Gasteiger partial charge in [-0.05, 0) is 37.5 Å². The number of nitrogens with one attached hydrogen (secondary N) is 2. The fourth-order valence-electron chi connectivity index (χ4n) is 2.92. The Kier molecular flexibility index (Phi) is 6.51. The van der Waals surface area contributed by atoms with Crippen LogP contribution in [-0.2, 0) is 11.2 Å². The fourth-order valence-corrected chi connectivity index (χ4v) is 2.92. The molecule has 134 valence electrons. The van der Waals surface area contributed by atoms with Crippen molar-refractivity contribution in [3.63, 3.8) is 0 Å². The van der Waals surface area contributed by atoms with Gasteiger partial charge in [-0.15, -0.1) is 0 Å². The van der Waals surface area contributed by atoms with Gasteiger partial charge in [0.15, 0.2) is 5.96 Å². The second kappa shape index (κ2) is 9.28. The number of furan rings is 1.